The Balaban J connectivity index is 1.48. The number of benzene rings is 3. The molecule has 0 unspecified atom stereocenters. The smallest absolute Gasteiger partial charge is 0.264 e. The first-order chi connectivity index (χ1) is 18.0. The van der Waals surface area contributed by atoms with Gasteiger partial charge in [0.25, 0.3) is 5.91 Å². The van der Waals surface area contributed by atoms with Crippen molar-refractivity contribution < 1.29 is 14.3 Å². The molecular weight excluding hydrogens is 692 g/mol. The molecule has 37 heavy (non-hydrogen) atoms. The fourth-order valence-corrected chi connectivity index (χ4v) is 5.24. The molecule has 1 fully saturated rings. The monoisotopic (exact) mass is 719 g/mol. The molecule has 1 amide bonds. The molecule has 8 heteroatoms. The molecule has 0 bridgehead atoms. The third kappa shape index (κ3) is 7.17. The molecule has 0 N–H and O–H groups in total. The Bertz CT molecular complexity index is 1300. The quantitative estimate of drug-likeness (QED) is 0.159. The Morgan fingerprint density at radius 1 is 1.00 bits per heavy atom. The van der Waals surface area contributed by atoms with Crippen molar-refractivity contribution in [3.8, 4) is 17.6 Å². The maximum absolute atomic E-state index is 13.2. The molecule has 0 spiro atoms. The van der Waals surface area contributed by atoms with Gasteiger partial charge in [0.05, 0.1) is 10.2 Å². The maximum Gasteiger partial charge on any atom is 0.264 e. The van der Waals surface area contributed by atoms with Gasteiger partial charge in [-0.3, -0.25) is 4.79 Å². The first kappa shape index (κ1) is 27.3. The Kier molecular flexibility index (Phi) is 9.68. The number of halogens is 2. The van der Waals surface area contributed by atoms with Gasteiger partial charge in [0.15, 0.2) is 11.5 Å². The summed E-state index contributed by atoms with van der Waals surface area (Å²) in [5, 5.41) is 9.81. The van der Waals surface area contributed by atoms with Crippen molar-refractivity contribution >= 4 is 62.9 Å². The summed E-state index contributed by atoms with van der Waals surface area (Å²) in [7, 11) is 0. The van der Waals surface area contributed by atoms with E-state index in [0.29, 0.717) is 37.8 Å². The third-order valence-electron chi connectivity index (χ3n) is 5.98. The summed E-state index contributed by atoms with van der Waals surface area (Å²) in [6.45, 7) is 5.40. The average Bonchev–Trinajstić information content (AvgIpc) is 2.92. The van der Waals surface area contributed by atoms with E-state index < -0.39 is 0 Å². The minimum atomic E-state index is -0.248. The average molecular weight is 719 g/mol. The van der Waals surface area contributed by atoms with Gasteiger partial charge in [0.1, 0.15) is 18.2 Å². The van der Waals surface area contributed by atoms with Gasteiger partial charge in [0.2, 0.25) is 0 Å². The van der Waals surface area contributed by atoms with Gasteiger partial charge in [0, 0.05) is 35.4 Å². The lowest BCUT2D eigenvalue weighted by Crippen LogP contribution is -2.49. The van der Waals surface area contributed by atoms with Crippen LogP contribution < -0.4 is 14.4 Å². The van der Waals surface area contributed by atoms with Crippen LogP contribution in [0.2, 0.25) is 0 Å². The van der Waals surface area contributed by atoms with Crippen molar-refractivity contribution in [2.45, 2.75) is 13.5 Å². The zero-order valence-electron chi connectivity index (χ0n) is 20.5. The lowest BCUT2D eigenvalue weighted by Gasteiger charge is -2.36. The predicted octanol–water partition coefficient (Wildman–Crippen LogP) is 6.13. The molecule has 190 valence electrons. The second-order valence-electron chi connectivity index (χ2n) is 8.46. The van der Waals surface area contributed by atoms with Crippen molar-refractivity contribution in [1.82, 2.24) is 4.90 Å². The summed E-state index contributed by atoms with van der Waals surface area (Å²) in [5.74, 6) is 0.995. The van der Waals surface area contributed by atoms with Crippen molar-refractivity contribution in [3.05, 3.63) is 90.6 Å². The number of carbonyl (C=O) groups excluding carboxylic acids is 1. The second kappa shape index (κ2) is 13.1. The Labute approximate surface area is 245 Å². The van der Waals surface area contributed by atoms with Crippen molar-refractivity contribution in [3.63, 3.8) is 0 Å². The summed E-state index contributed by atoms with van der Waals surface area (Å²) in [5.41, 5.74) is 3.04. The van der Waals surface area contributed by atoms with Crippen LogP contribution in [0.5, 0.6) is 11.5 Å². The summed E-state index contributed by atoms with van der Waals surface area (Å²) in [6.07, 6.45) is 1.64. The first-order valence-corrected chi connectivity index (χ1v) is 14.2. The number of anilines is 1. The zero-order valence-corrected chi connectivity index (χ0v) is 24.8. The fraction of sp³-hybridized carbons (Fsp3) is 0.241. The summed E-state index contributed by atoms with van der Waals surface area (Å²) < 4.78 is 14.0. The van der Waals surface area contributed by atoms with Gasteiger partial charge >= 0.3 is 0 Å². The van der Waals surface area contributed by atoms with Crippen molar-refractivity contribution in [2.75, 3.05) is 37.7 Å². The van der Waals surface area contributed by atoms with Crippen LogP contribution >= 0.6 is 45.2 Å². The van der Waals surface area contributed by atoms with E-state index in [1.54, 1.807) is 11.0 Å². The predicted molar refractivity (Wildman–Crippen MR) is 163 cm³/mol. The number of ether oxygens (including phenoxy) is 2. The highest BCUT2D eigenvalue weighted by Crippen LogP contribution is 2.35. The van der Waals surface area contributed by atoms with Crippen LogP contribution in [0.3, 0.4) is 0 Å². The molecule has 1 heterocycles. The van der Waals surface area contributed by atoms with Crippen LogP contribution in [0.1, 0.15) is 18.1 Å². The maximum atomic E-state index is 13.2. The normalized spacial score (nSPS) is 13.7. The van der Waals surface area contributed by atoms with Crippen LogP contribution in [0.25, 0.3) is 6.08 Å². The molecule has 0 atom stereocenters. The van der Waals surface area contributed by atoms with E-state index in [1.165, 1.54) is 3.57 Å². The molecule has 3 aromatic carbocycles. The second-order valence-corrected chi connectivity index (χ2v) is 10.9. The molecule has 0 aliphatic carbocycles. The molecule has 0 aromatic heterocycles. The summed E-state index contributed by atoms with van der Waals surface area (Å²) in [4.78, 5) is 17.2. The van der Waals surface area contributed by atoms with Crippen LogP contribution in [0, 0.1) is 18.5 Å². The fourth-order valence-electron chi connectivity index (χ4n) is 4.10. The Morgan fingerprint density at radius 2 is 1.70 bits per heavy atom. The third-order valence-corrected chi connectivity index (χ3v) is 7.50. The molecule has 0 saturated carbocycles. The number of nitrogens with zero attached hydrogens (tertiary/aromatic N) is 3. The van der Waals surface area contributed by atoms with Gasteiger partial charge < -0.3 is 19.3 Å². The molecule has 1 aliphatic heterocycles. The number of nitriles is 1. The molecular formula is C29H27I2N3O3. The lowest BCUT2D eigenvalue weighted by atomic mass is 10.1. The van der Waals surface area contributed by atoms with Crippen molar-refractivity contribution in [1.29, 1.82) is 5.26 Å². The zero-order chi connectivity index (χ0) is 26.2. The van der Waals surface area contributed by atoms with E-state index in [2.05, 4.69) is 68.3 Å². The van der Waals surface area contributed by atoms with Crippen LogP contribution in [-0.2, 0) is 11.4 Å². The van der Waals surface area contributed by atoms with E-state index >= 15 is 0 Å². The van der Waals surface area contributed by atoms with E-state index in [1.807, 2.05) is 61.5 Å². The molecule has 1 saturated heterocycles. The topological polar surface area (TPSA) is 65.8 Å². The van der Waals surface area contributed by atoms with E-state index in [9.17, 15) is 10.1 Å². The number of carbonyl (C=O) groups is 1. The van der Waals surface area contributed by atoms with Gasteiger partial charge in [-0.05, 0) is 106 Å². The van der Waals surface area contributed by atoms with Crippen LogP contribution in [0.15, 0.2) is 72.3 Å². The summed E-state index contributed by atoms with van der Waals surface area (Å²) in [6, 6.07) is 24.2. The Hall–Kier alpha value is -2.78. The Morgan fingerprint density at radius 3 is 2.35 bits per heavy atom. The highest BCUT2D eigenvalue weighted by molar-refractivity contribution is 14.1. The number of amides is 1. The number of hydrogen-bond donors (Lipinski definition) is 0. The molecule has 6 nitrogen and oxygen atoms in total. The number of piperazine rings is 1. The number of hydrogen-bond acceptors (Lipinski definition) is 5. The van der Waals surface area contributed by atoms with E-state index in [0.717, 1.165) is 33.5 Å². The van der Waals surface area contributed by atoms with Crippen LogP contribution in [-0.4, -0.2) is 43.6 Å². The highest BCUT2D eigenvalue weighted by Gasteiger charge is 2.24. The minimum absolute atomic E-state index is 0.110. The SMILES string of the molecule is CCOc1cc(/C=C(/C#N)C(=O)N2CCN(c3ccccc3)CC2)cc(I)c1OCc1ccc(I)cc1. The minimum Gasteiger partial charge on any atom is -0.490 e. The number of para-hydroxylation sites is 1. The van der Waals surface area contributed by atoms with Gasteiger partial charge in [-0.15, -0.1) is 0 Å². The van der Waals surface area contributed by atoms with Gasteiger partial charge in [-0.1, -0.05) is 30.3 Å². The van der Waals surface area contributed by atoms with Gasteiger partial charge in [-0.25, -0.2) is 0 Å². The van der Waals surface area contributed by atoms with Crippen molar-refractivity contribution in [2.24, 2.45) is 0 Å². The van der Waals surface area contributed by atoms with E-state index in [-0.39, 0.29) is 11.5 Å². The summed E-state index contributed by atoms with van der Waals surface area (Å²) >= 11 is 4.48. The highest BCUT2D eigenvalue weighted by atomic mass is 127. The van der Waals surface area contributed by atoms with E-state index in [4.69, 9.17) is 9.47 Å². The largest absolute Gasteiger partial charge is 0.490 e. The first-order valence-electron chi connectivity index (χ1n) is 12.0. The van der Waals surface area contributed by atoms with Crippen LogP contribution in [0.4, 0.5) is 5.69 Å². The molecule has 1 aliphatic rings. The standard InChI is InChI=1S/C29H27I2N3O3/c1-2-36-27-18-22(17-26(31)28(27)37-20-21-8-10-24(30)11-9-21)16-23(19-32)29(35)34-14-12-33(13-15-34)25-6-4-3-5-7-25/h3-11,16-18H,2,12-15,20H2,1H3/b23-16-. The van der Waals surface area contributed by atoms with Gasteiger partial charge in [-0.2, -0.15) is 5.26 Å². The number of rotatable bonds is 8. The lowest BCUT2D eigenvalue weighted by molar-refractivity contribution is -0.126. The molecule has 3 aromatic rings. The molecule has 0 radical (unpaired) electrons. The molecule has 4 rings (SSSR count).